The molecule has 0 saturated heterocycles. The first kappa shape index (κ1) is 17.0. The molecule has 3 rings (SSSR count). The van der Waals surface area contributed by atoms with E-state index >= 15 is 0 Å². The molecule has 0 aliphatic carbocycles. The standard InChI is InChI=1S/C19H21N3O3/c1-11(2)22-19(24)15-8-6-5-7-14(15)17(21-22)18(23)20-13(4)16-10-9-12(3)25-16/h5-11,13H,1-4H3,(H,20,23). The molecule has 6 heteroatoms. The third-order valence-corrected chi connectivity index (χ3v) is 4.07. The lowest BCUT2D eigenvalue weighted by atomic mass is 10.1. The van der Waals surface area contributed by atoms with Crippen LogP contribution in [0.1, 0.15) is 54.9 Å². The van der Waals surface area contributed by atoms with Crippen molar-refractivity contribution in [1.82, 2.24) is 15.1 Å². The largest absolute Gasteiger partial charge is 0.464 e. The van der Waals surface area contributed by atoms with Crippen molar-refractivity contribution in [2.75, 3.05) is 0 Å². The number of hydrogen-bond acceptors (Lipinski definition) is 4. The maximum absolute atomic E-state index is 12.8. The Balaban J connectivity index is 2.03. The summed E-state index contributed by atoms with van der Waals surface area (Å²) >= 11 is 0. The zero-order chi connectivity index (χ0) is 18.1. The number of aromatic nitrogens is 2. The van der Waals surface area contributed by atoms with Gasteiger partial charge in [-0.2, -0.15) is 5.10 Å². The van der Waals surface area contributed by atoms with Gasteiger partial charge in [-0.3, -0.25) is 9.59 Å². The Labute approximate surface area is 145 Å². The highest BCUT2D eigenvalue weighted by Crippen LogP contribution is 2.18. The minimum absolute atomic E-state index is 0.145. The number of aryl methyl sites for hydroxylation is 1. The van der Waals surface area contributed by atoms with Crippen LogP contribution in [-0.2, 0) is 0 Å². The molecule has 0 radical (unpaired) electrons. The number of hydrogen-bond donors (Lipinski definition) is 1. The normalized spacial score (nSPS) is 12.5. The van der Waals surface area contributed by atoms with Crippen LogP contribution in [0.15, 0.2) is 45.6 Å². The van der Waals surface area contributed by atoms with Gasteiger partial charge in [0.2, 0.25) is 0 Å². The second-order valence-electron chi connectivity index (χ2n) is 6.38. The molecule has 2 heterocycles. The molecule has 1 aromatic carbocycles. The van der Waals surface area contributed by atoms with Crippen LogP contribution < -0.4 is 10.9 Å². The predicted molar refractivity (Wildman–Crippen MR) is 95.7 cm³/mol. The first-order chi connectivity index (χ1) is 11.9. The average Bonchev–Trinajstić information content (AvgIpc) is 3.01. The number of nitrogens with zero attached hydrogens (tertiary/aromatic N) is 2. The maximum atomic E-state index is 12.8. The molecule has 1 unspecified atom stereocenters. The molecule has 0 aliphatic rings. The Morgan fingerprint density at radius 2 is 1.80 bits per heavy atom. The molecule has 1 atom stereocenters. The number of carbonyl (C=O) groups is 1. The van der Waals surface area contributed by atoms with E-state index in [4.69, 9.17) is 4.42 Å². The summed E-state index contributed by atoms with van der Waals surface area (Å²) in [5.74, 6) is 1.12. The molecular formula is C19H21N3O3. The second kappa shape index (κ2) is 6.55. The van der Waals surface area contributed by atoms with Gasteiger partial charge in [-0.25, -0.2) is 4.68 Å². The van der Waals surface area contributed by atoms with E-state index in [0.29, 0.717) is 16.5 Å². The molecule has 3 aromatic rings. The van der Waals surface area contributed by atoms with Gasteiger partial charge in [-0.05, 0) is 45.9 Å². The molecule has 2 aromatic heterocycles. The van der Waals surface area contributed by atoms with Crippen molar-refractivity contribution in [2.24, 2.45) is 0 Å². The van der Waals surface area contributed by atoms with Crippen molar-refractivity contribution in [2.45, 2.75) is 39.8 Å². The maximum Gasteiger partial charge on any atom is 0.274 e. The number of fused-ring (bicyclic) bond motifs is 1. The lowest BCUT2D eigenvalue weighted by molar-refractivity contribution is 0.0929. The smallest absolute Gasteiger partial charge is 0.274 e. The monoisotopic (exact) mass is 339 g/mol. The van der Waals surface area contributed by atoms with E-state index in [2.05, 4.69) is 10.4 Å². The average molecular weight is 339 g/mol. The van der Waals surface area contributed by atoms with Gasteiger partial charge in [0.25, 0.3) is 11.5 Å². The fraction of sp³-hybridized carbons (Fsp3) is 0.316. The number of nitrogens with one attached hydrogen (secondary N) is 1. The molecule has 6 nitrogen and oxygen atoms in total. The molecule has 0 saturated carbocycles. The van der Waals surface area contributed by atoms with Crippen molar-refractivity contribution in [3.8, 4) is 0 Å². The summed E-state index contributed by atoms with van der Waals surface area (Å²) in [5, 5.41) is 8.24. The van der Waals surface area contributed by atoms with Gasteiger partial charge in [-0.15, -0.1) is 0 Å². The van der Waals surface area contributed by atoms with Crippen molar-refractivity contribution in [3.63, 3.8) is 0 Å². The Morgan fingerprint density at radius 1 is 1.12 bits per heavy atom. The highest BCUT2D eigenvalue weighted by molar-refractivity contribution is 6.04. The first-order valence-electron chi connectivity index (χ1n) is 8.27. The van der Waals surface area contributed by atoms with E-state index in [-0.39, 0.29) is 29.2 Å². The van der Waals surface area contributed by atoms with Crippen LogP contribution in [0.25, 0.3) is 10.8 Å². The van der Waals surface area contributed by atoms with Gasteiger partial charge >= 0.3 is 0 Å². The third kappa shape index (κ3) is 3.20. The molecule has 130 valence electrons. The lowest BCUT2D eigenvalue weighted by Gasteiger charge is -2.15. The highest BCUT2D eigenvalue weighted by Gasteiger charge is 2.20. The summed E-state index contributed by atoms with van der Waals surface area (Å²) in [4.78, 5) is 25.3. The van der Waals surface area contributed by atoms with Crippen molar-refractivity contribution >= 4 is 16.7 Å². The summed E-state index contributed by atoms with van der Waals surface area (Å²) in [6.45, 7) is 7.42. The fourth-order valence-electron chi connectivity index (χ4n) is 2.75. The van der Waals surface area contributed by atoms with Crippen molar-refractivity contribution in [3.05, 3.63) is 64.0 Å². The third-order valence-electron chi connectivity index (χ3n) is 4.07. The van der Waals surface area contributed by atoms with Gasteiger partial charge in [0, 0.05) is 5.39 Å². The minimum atomic E-state index is -0.341. The van der Waals surface area contributed by atoms with Gasteiger partial charge in [0.05, 0.1) is 17.5 Å². The van der Waals surface area contributed by atoms with Crippen molar-refractivity contribution < 1.29 is 9.21 Å². The van der Waals surface area contributed by atoms with Crippen LogP contribution in [0.5, 0.6) is 0 Å². The molecule has 0 bridgehead atoms. The summed E-state index contributed by atoms with van der Waals surface area (Å²) < 4.78 is 6.91. The zero-order valence-electron chi connectivity index (χ0n) is 14.7. The van der Waals surface area contributed by atoms with Crippen LogP contribution in [0, 0.1) is 6.92 Å². The first-order valence-corrected chi connectivity index (χ1v) is 8.27. The van der Waals surface area contributed by atoms with Crippen LogP contribution in [-0.4, -0.2) is 15.7 Å². The topological polar surface area (TPSA) is 77.1 Å². The zero-order valence-corrected chi connectivity index (χ0v) is 14.7. The van der Waals surface area contributed by atoms with E-state index in [1.54, 1.807) is 24.3 Å². The van der Waals surface area contributed by atoms with Crippen LogP contribution in [0.3, 0.4) is 0 Å². The quantitative estimate of drug-likeness (QED) is 0.790. The number of carbonyl (C=O) groups excluding carboxylic acids is 1. The summed E-state index contributed by atoms with van der Waals surface area (Å²) in [6.07, 6.45) is 0. The van der Waals surface area contributed by atoms with E-state index in [1.165, 1.54) is 4.68 Å². The Hall–Kier alpha value is -2.89. The van der Waals surface area contributed by atoms with Crippen LogP contribution in [0.2, 0.25) is 0 Å². The molecular weight excluding hydrogens is 318 g/mol. The molecule has 25 heavy (non-hydrogen) atoms. The van der Waals surface area contributed by atoms with Crippen LogP contribution in [0.4, 0.5) is 0 Å². The Bertz CT molecular complexity index is 985. The van der Waals surface area contributed by atoms with E-state index in [9.17, 15) is 9.59 Å². The highest BCUT2D eigenvalue weighted by atomic mass is 16.3. The van der Waals surface area contributed by atoms with E-state index < -0.39 is 0 Å². The van der Waals surface area contributed by atoms with E-state index in [0.717, 1.165) is 5.76 Å². The summed E-state index contributed by atoms with van der Waals surface area (Å²) in [5.41, 5.74) is 0.0379. The summed E-state index contributed by atoms with van der Waals surface area (Å²) in [6, 6.07) is 10.3. The molecule has 0 spiro atoms. The minimum Gasteiger partial charge on any atom is -0.464 e. The Kier molecular flexibility index (Phi) is 4.44. The predicted octanol–water partition coefficient (Wildman–Crippen LogP) is 3.37. The van der Waals surface area contributed by atoms with Gasteiger partial charge in [-0.1, -0.05) is 18.2 Å². The number of furan rings is 1. The molecule has 1 N–H and O–H groups in total. The SMILES string of the molecule is Cc1ccc(C(C)NC(=O)c2nn(C(C)C)c(=O)c3ccccc23)o1. The number of amides is 1. The Morgan fingerprint density at radius 3 is 2.40 bits per heavy atom. The summed E-state index contributed by atoms with van der Waals surface area (Å²) in [7, 11) is 0. The van der Waals surface area contributed by atoms with Gasteiger partial charge in [0.1, 0.15) is 11.5 Å². The molecule has 0 fully saturated rings. The van der Waals surface area contributed by atoms with Crippen molar-refractivity contribution in [1.29, 1.82) is 0 Å². The van der Waals surface area contributed by atoms with Gasteiger partial charge < -0.3 is 9.73 Å². The van der Waals surface area contributed by atoms with Gasteiger partial charge in [0.15, 0.2) is 5.69 Å². The van der Waals surface area contributed by atoms with E-state index in [1.807, 2.05) is 39.8 Å². The number of benzene rings is 1. The number of rotatable bonds is 4. The van der Waals surface area contributed by atoms with Crippen LogP contribution >= 0.6 is 0 Å². The molecule has 0 aliphatic heterocycles. The lowest BCUT2D eigenvalue weighted by Crippen LogP contribution is -2.32. The molecule has 1 amide bonds. The fourth-order valence-corrected chi connectivity index (χ4v) is 2.75. The second-order valence-corrected chi connectivity index (χ2v) is 6.38.